The zero-order chi connectivity index (χ0) is 17.9. The van der Waals surface area contributed by atoms with Crippen molar-refractivity contribution in [2.24, 2.45) is 0 Å². The van der Waals surface area contributed by atoms with Crippen LogP contribution in [-0.4, -0.2) is 40.2 Å². The number of carbonyl (C=O) groups is 1. The standard InChI is InChI=1S/C19H18FN5O/c20-14-6-4-13(5-7-14)17-11-18(24-23-17)25-10-8-15(12-25)22-19(26)16-3-1-2-9-21-16/h1-7,9,11,15H,8,10,12H2,(H,22,26)(H,23,24)/t15-/m0/s1. The van der Waals surface area contributed by atoms with Crippen molar-refractivity contribution in [2.45, 2.75) is 12.5 Å². The Morgan fingerprint density at radius 1 is 1.23 bits per heavy atom. The molecule has 2 N–H and O–H groups in total. The van der Waals surface area contributed by atoms with Gasteiger partial charge in [-0.25, -0.2) is 4.39 Å². The number of amides is 1. The number of H-pyrrole nitrogens is 1. The molecule has 1 saturated heterocycles. The molecule has 3 aromatic rings. The lowest BCUT2D eigenvalue weighted by Gasteiger charge is -2.15. The van der Waals surface area contributed by atoms with Crippen LogP contribution in [0.1, 0.15) is 16.9 Å². The van der Waals surface area contributed by atoms with Crippen LogP contribution in [0, 0.1) is 5.82 Å². The third kappa shape index (κ3) is 3.42. The van der Waals surface area contributed by atoms with E-state index in [4.69, 9.17) is 0 Å². The van der Waals surface area contributed by atoms with Crippen molar-refractivity contribution < 1.29 is 9.18 Å². The first-order chi connectivity index (χ1) is 12.7. The number of benzene rings is 1. The van der Waals surface area contributed by atoms with Gasteiger partial charge in [0.1, 0.15) is 11.5 Å². The van der Waals surface area contributed by atoms with Crippen LogP contribution >= 0.6 is 0 Å². The molecule has 1 amide bonds. The van der Waals surface area contributed by atoms with Gasteiger partial charge in [0.05, 0.1) is 5.69 Å². The highest BCUT2D eigenvalue weighted by molar-refractivity contribution is 5.92. The minimum absolute atomic E-state index is 0.0514. The van der Waals surface area contributed by atoms with Crippen molar-refractivity contribution in [3.63, 3.8) is 0 Å². The molecule has 0 saturated carbocycles. The molecule has 1 aliphatic rings. The van der Waals surface area contributed by atoms with Crippen LogP contribution in [-0.2, 0) is 0 Å². The summed E-state index contributed by atoms with van der Waals surface area (Å²) in [6.45, 7) is 1.49. The van der Waals surface area contributed by atoms with E-state index in [9.17, 15) is 9.18 Å². The Bertz CT molecular complexity index is 894. The fraction of sp³-hybridized carbons (Fsp3) is 0.211. The second-order valence-corrected chi connectivity index (χ2v) is 6.27. The van der Waals surface area contributed by atoms with Crippen molar-refractivity contribution in [2.75, 3.05) is 18.0 Å². The maximum absolute atomic E-state index is 13.1. The van der Waals surface area contributed by atoms with Gasteiger partial charge in [0.15, 0.2) is 5.82 Å². The van der Waals surface area contributed by atoms with E-state index < -0.39 is 0 Å². The molecule has 26 heavy (non-hydrogen) atoms. The Balaban J connectivity index is 1.40. The third-order valence-electron chi connectivity index (χ3n) is 4.46. The minimum Gasteiger partial charge on any atom is -0.353 e. The molecule has 1 atom stereocenters. The molecule has 4 rings (SSSR count). The molecule has 0 spiro atoms. The van der Waals surface area contributed by atoms with Crippen molar-refractivity contribution in [1.29, 1.82) is 0 Å². The second-order valence-electron chi connectivity index (χ2n) is 6.27. The molecule has 1 fully saturated rings. The highest BCUT2D eigenvalue weighted by Crippen LogP contribution is 2.24. The van der Waals surface area contributed by atoms with Gasteiger partial charge in [0.2, 0.25) is 0 Å². The summed E-state index contributed by atoms with van der Waals surface area (Å²) in [6.07, 6.45) is 2.45. The summed E-state index contributed by atoms with van der Waals surface area (Å²) in [7, 11) is 0. The van der Waals surface area contributed by atoms with Gasteiger partial charge in [-0.05, 0) is 48.4 Å². The van der Waals surface area contributed by atoms with E-state index in [1.54, 1.807) is 36.5 Å². The van der Waals surface area contributed by atoms with Crippen LogP contribution in [0.2, 0.25) is 0 Å². The van der Waals surface area contributed by atoms with Gasteiger partial charge in [-0.1, -0.05) is 6.07 Å². The molecule has 1 aromatic carbocycles. The number of halogens is 1. The first-order valence-corrected chi connectivity index (χ1v) is 8.47. The van der Waals surface area contributed by atoms with E-state index in [0.717, 1.165) is 30.0 Å². The number of aromatic amines is 1. The summed E-state index contributed by atoms with van der Waals surface area (Å²) in [6, 6.07) is 13.5. The number of pyridine rings is 1. The largest absolute Gasteiger partial charge is 0.353 e. The predicted molar refractivity (Wildman–Crippen MR) is 96.3 cm³/mol. The van der Waals surface area contributed by atoms with E-state index in [1.807, 2.05) is 6.07 Å². The third-order valence-corrected chi connectivity index (χ3v) is 4.46. The highest BCUT2D eigenvalue weighted by atomic mass is 19.1. The smallest absolute Gasteiger partial charge is 0.270 e. The lowest BCUT2D eigenvalue weighted by molar-refractivity contribution is 0.0935. The van der Waals surface area contributed by atoms with Crippen LogP contribution in [0.3, 0.4) is 0 Å². The molecule has 0 bridgehead atoms. The molecule has 132 valence electrons. The second kappa shape index (κ2) is 6.95. The molecule has 1 aliphatic heterocycles. The fourth-order valence-corrected chi connectivity index (χ4v) is 3.09. The van der Waals surface area contributed by atoms with Crippen molar-refractivity contribution in [3.05, 3.63) is 66.2 Å². The number of nitrogens with one attached hydrogen (secondary N) is 2. The Labute approximate surface area is 150 Å². The monoisotopic (exact) mass is 351 g/mol. The molecule has 2 aromatic heterocycles. The SMILES string of the molecule is O=C(N[C@H]1CCN(c2cc(-c3ccc(F)cc3)[nH]n2)C1)c1ccccn1. The van der Waals surface area contributed by atoms with E-state index in [1.165, 1.54) is 12.1 Å². The van der Waals surface area contributed by atoms with E-state index in [2.05, 4.69) is 25.4 Å². The molecular weight excluding hydrogens is 333 g/mol. The zero-order valence-electron chi connectivity index (χ0n) is 14.0. The molecule has 3 heterocycles. The molecule has 0 aliphatic carbocycles. The first kappa shape index (κ1) is 16.3. The summed E-state index contributed by atoms with van der Waals surface area (Å²) in [5, 5.41) is 10.4. The molecule has 0 radical (unpaired) electrons. The van der Waals surface area contributed by atoms with Gasteiger partial charge in [-0.15, -0.1) is 0 Å². The number of nitrogens with zero attached hydrogens (tertiary/aromatic N) is 3. The van der Waals surface area contributed by atoms with Crippen molar-refractivity contribution in [3.8, 4) is 11.3 Å². The average molecular weight is 351 g/mol. The zero-order valence-corrected chi connectivity index (χ0v) is 14.0. The topological polar surface area (TPSA) is 73.9 Å². The van der Waals surface area contributed by atoms with Gasteiger partial charge < -0.3 is 10.2 Å². The maximum atomic E-state index is 13.1. The summed E-state index contributed by atoms with van der Waals surface area (Å²) in [4.78, 5) is 18.4. The average Bonchev–Trinajstić information content (AvgIpc) is 3.32. The van der Waals surface area contributed by atoms with Crippen LogP contribution in [0.4, 0.5) is 10.2 Å². The van der Waals surface area contributed by atoms with Gasteiger partial charge in [-0.2, -0.15) is 5.10 Å². The number of aromatic nitrogens is 3. The Morgan fingerprint density at radius 3 is 2.85 bits per heavy atom. The van der Waals surface area contributed by atoms with Crippen molar-refractivity contribution in [1.82, 2.24) is 20.5 Å². The normalized spacial score (nSPS) is 16.7. The van der Waals surface area contributed by atoms with E-state index in [-0.39, 0.29) is 17.8 Å². The summed E-state index contributed by atoms with van der Waals surface area (Å²) in [5.74, 6) is 0.393. The summed E-state index contributed by atoms with van der Waals surface area (Å²) < 4.78 is 13.1. The number of rotatable bonds is 4. The first-order valence-electron chi connectivity index (χ1n) is 8.47. The highest BCUT2D eigenvalue weighted by Gasteiger charge is 2.26. The van der Waals surface area contributed by atoms with E-state index in [0.29, 0.717) is 12.2 Å². The maximum Gasteiger partial charge on any atom is 0.270 e. The van der Waals surface area contributed by atoms with Crippen LogP contribution in [0.15, 0.2) is 54.7 Å². The van der Waals surface area contributed by atoms with Crippen LogP contribution < -0.4 is 10.2 Å². The Hall–Kier alpha value is -3.22. The lowest BCUT2D eigenvalue weighted by atomic mass is 10.1. The number of anilines is 1. The van der Waals surface area contributed by atoms with Gasteiger partial charge >= 0.3 is 0 Å². The van der Waals surface area contributed by atoms with Crippen LogP contribution in [0.5, 0.6) is 0 Å². The number of hydrogen-bond acceptors (Lipinski definition) is 4. The predicted octanol–water partition coefficient (Wildman–Crippen LogP) is 2.62. The molecule has 6 nitrogen and oxygen atoms in total. The number of hydrogen-bond donors (Lipinski definition) is 2. The summed E-state index contributed by atoms with van der Waals surface area (Å²) in [5.41, 5.74) is 2.13. The van der Waals surface area contributed by atoms with Gasteiger partial charge in [-0.3, -0.25) is 14.9 Å². The van der Waals surface area contributed by atoms with Crippen LogP contribution in [0.25, 0.3) is 11.3 Å². The Morgan fingerprint density at radius 2 is 2.08 bits per heavy atom. The molecule has 0 unspecified atom stereocenters. The van der Waals surface area contributed by atoms with Crippen molar-refractivity contribution >= 4 is 11.7 Å². The quantitative estimate of drug-likeness (QED) is 0.758. The van der Waals surface area contributed by atoms with Gasteiger partial charge in [0.25, 0.3) is 5.91 Å². The molecule has 7 heteroatoms. The summed E-state index contributed by atoms with van der Waals surface area (Å²) >= 11 is 0. The Kier molecular flexibility index (Phi) is 4.35. The fourth-order valence-electron chi connectivity index (χ4n) is 3.09. The lowest BCUT2D eigenvalue weighted by Crippen LogP contribution is -2.37. The van der Waals surface area contributed by atoms with E-state index >= 15 is 0 Å². The minimum atomic E-state index is -0.264. The molecular formula is C19H18FN5O. The van der Waals surface area contributed by atoms with Gasteiger partial charge in [0, 0.05) is 31.4 Å². The number of carbonyl (C=O) groups excluding carboxylic acids is 1.